The number of piperidine rings is 1. The normalized spacial score (nSPS) is 18.5. The van der Waals surface area contributed by atoms with Gasteiger partial charge in [0.1, 0.15) is 5.52 Å². The molecule has 1 saturated heterocycles. The first-order chi connectivity index (χ1) is 9.11. The largest absolute Gasteiger partial charge is 0.369 e. The van der Waals surface area contributed by atoms with Crippen molar-refractivity contribution in [3.63, 3.8) is 0 Å². The second-order valence-corrected chi connectivity index (χ2v) is 5.45. The molecule has 0 aromatic carbocycles. The molecule has 19 heavy (non-hydrogen) atoms. The van der Waals surface area contributed by atoms with Crippen LogP contribution in [0, 0.1) is 6.92 Å². The predicted molar refractivity (Wildman–Crippen MR) is 76.1 cm³/mol. The summed E-state index contributed by atoms with van der Waals surface area (Å²) in [5.74, 6) is 0.632. The van der Waals surface area contributed by atoms with Gasteiger partial charge in [0.2, 0.25) is 5.95 Å². The van der Waals surface area contributed by atoms with Gasteiger partial charge in [0.25, 0.3) is 0 Å². The quantitative estimate of drug-likeness (QED) is 0.888. The summed E-state index contributed by atoms with van der Waals surface area (Å²) < 4.78 is 4.22. The van der Waals surface area contributed by atoms with Crippen molar-refractivity contribution in [2.24, 2.45) is 0 Å². The number of rotatable bonds is 2. The second-order valence-electron chi connectivity index (χ2n) is 5.45. The van der Waals surface area contributed by atoms with E-state index in [1.165, 1.54) is 0 Å². The number of fused-ring (bicyclic) bond motifs is 1. The minimum Gasteiger partial charge on any atom is -0.369 e. The van der Waals surface area contributed by atoms with Crippen molar-refractivity contribution in [3.05, 3.63) is 5.69 Å². The van der Waals surface area contributed by atoms with E-state index in [9.17, 15) is 0 Å². The molecule has 0 amide bonds. The van der Waals surface area contributed by atoms with Crippen LogP contribution >= 0.6 is 0 Å². The fourth-order valence-electron chi connectivity index (χ4n) is 3.04. The Morgan fingerprint density at radius 2 is 2.00 bits per heavy atom. The predicted octanol–water partition coefficient (Wildman–Crippen LogP) is 1.41. The van der Waals surface area contributed by atoms with E-state index in [1.54, 1.807) is 0 Å². The molecular weight excluding hydrogens is 240 g/mol. The van der Waals surface area contributed by atoms with Crippen molar-refractivity contribution in [2.45, 2.75) is 39.3 Å². The number of nitrogens with zero attached hydrogens (tertiary/aromatic N) is 5. The molecule has 6 nitrogen and oxygen atoms in total. The Bertz CT molecular complexity index is 588. The monoisotopic (exact) mass is 262 g/mol. The van der Waals surface area contributed by atoms with Crippen LogP contribution in [0.15, 0.2) is 0 Å². The number of hydrogen-bond acceptors (Lipinski definition) is 4. The number of anilines is 1. The van der Waals surface area contributed by atoms with Gasteiger partial charge < -0.3 is 10.6 Å². The third-order valence-corrected chi connectivity index (χ3v) is 4.12. The third kappa shape index (κ3) is 1.90. The smallest absolute Gasteiger partial charge is 0.202 e. The molecule has 1 aliphatic rings. The molecule has 2 aromatic rings. The minimum atomic E-state index is 0.447. The van der Waals surface area contributed by atoms with Crippen LogP contribution in [0.4, 0.5) is 5.95 Å². The van der Waals surface area contributed by atoms with E-state index < -0.39 is 0 Å². The molecule has 2 N–H and O–H groups in total. The fourth-order valence-corrected chi connectivity index (χ4v) is 3.04. The van der Waals surface area contributed by atoms with Crippen LogP contribution in [0.5, 0.6) is 0 Å². The van der Waals surface area contributed by atoms with E-state index in [2.05, 4.69) is 33.5 Å². The Morgan fingerprint density at radius 3 is 2.63 bits per heavy atom. The summed E-state index contributed by atoms with van der Waals surface area (Å²) in [6, 6.07) is 0.447. The lowest BCUT2D eigenvalue weighted by atomic mass is 10.1. The van der Waals surface area contributed by atoms with E-state index in [0.717, 1.165) is 49.3 Å². The van der Waals surface area contributed by atoms with Crippen LogP contribution < -0.4 is 5.73 Å². The molecule has 0 unspecified atom stereocenters. The molecule has 1 aliphatic heterocycles. The van der Waals surface area contributed by atoms with Gasteiger partial charge in [0.05, 0.1) is 5.69 Å². The first-order valence-corrected chi connectivity index (χ1v) is 7.01. The lowest BCUT2D eigenvalue weighted by Gasteiger charge is -2.30. The van der Waals surface area contributed by atoms with E-state index in [-0.39, 0.29) is 0 Å². The molecule has 1 fully saturated rings. The Labute approximate surface area is 113 Å². The molecule has 0 saturated carbocycles. The average Bonchev–Trinajstić information content (AvgIpc) is 2.88. The van der Waals surface area contributed by atoms with Crippen LogP contribution in [-0.2, 0) is 6.54 Å². The van der Waals surface area contributed by atoms with Crippen molar-refractivity contribution in [1.82, 2.24) is 24.2 Å². The first-order valence-electron chi connectivity index (χ1n) is 7.01. The topological polar surface area (TPSA) is 64.9 Å². The zero-order chi connectivity index (χ0) is 13.6. The number of imidazole rings is 1. The molecule has 6 heteroatoms. The number of aromatic nitrogens is 4. The van der Waals surface area contributed by atoms with E-state index in [0.29, 0.717) is 12.0 Å². The Balaban J connectivity index is 2.09. The number of hydrogen-bond donors (Lipinski definition) is 1. The Hall–Kier alpha value is -1.56. The van der Waals surface area contributed by atoms with Gasteiger partial charge in [-0.2, -0.15) is 5.10 Å². The molecule has 3 rings (SSSR count). The van der Waals surface area contributed by atoms with Crippen molar-refractivity contribution >= 4 is 17.1 Å². The molecule has 0 radical (unpaired) electrons. The summed E-state index contributed by atoms with van der Waals surface area (Å²) in [6.45, 7) is 7.18. The number of nitrogens with two attached hydrogens (primary N) is 1. The van der Waals surface area contributed by atoms with E-state index >= 15 is 0 Å². The van der Waals surface area contributed by atoms with Crippen molar-refractivity contribution < 1.29 is 0 Å². The summed E-state index contributed by atoms with van der Waals surface area (Å²) in [5, 5.41) is 4.55. The summed E-state index contributed by atoms with van der Waals surface area (Å²) >= 11 is 0. The summed E-state index contributed by atoms with van der Waals surface area (Å²) in [7, 11) is 2.17. The highest BCUT2D eigenvalue weighted by atomic mass is 15.4. The van der Waals surface area contributed by atoms with Crippen LogP contribution in [0.1, 0.15) is 31.5 Å². The first kappa shape index (κ1) is 12.5. The van der Waals surface area contributed by atoms with Gasteiger partial charge in [-0.15, -0.1) is 0 Å². The number of likely N-dealkylation sites (tertiary alicyclic amines) is 1. The molecule has 0 bridgehead atoms. The van der Waals surface area contributed by atoms with Gasteiger partial charge in [-0.3, -0.25) is 4.57 Å². The zero-order valence-electron chi connectivity index (χ0n) is 11.9. The van der Waals surface area contributed by atoms with Gasteiger partial charge >= 0.3 is 0 Å². The molecule has 2 aromatic heterocycles. The fraction of sp³-hybridized carbons (Fsp3) is 0.692. The summed E-state index contributed by atoms with van der Waals surface area (Å²) in [5.41, 5.74) is 9.17. The highest BCUT2D eigenvalue weighted by Gasteiger charge is 2.25. The second kappa shape index (κ2) is 4.52. The standard InChI is InChI=1S/C13H22N6/c1-4-18-12-11(9(2)16-18)15-13(14)19(12)10-5-7-17(3)8-6-10/h10H,4-8H2,1-3H3,(H2,14,15). The maximum atomic E-state index is 6.15. The van der Waals surface area contributed by atoms with Crippen LogP contribution in [0.3, 0.4) is 0 Å². The molecule has 3 heterocycles. The van der Waals surface area contributed by atoms with Gasteiger partial charge in [0, 0.05) is 12.6 Å². The van der Waals surface area contributed by atoms with Crippen LogP contribution in [-0.4, -0.2) is 44.4 Å². The molecule has 0 atom stereocenters. The molecule has 104 valence electrons. The number of nitrogen functional groups attached to an aromatic ring is 1. The van der Waals surface area contributed by atoms with E-state index in [4.69, 9.17) is 5.73 Å². The van der Waals surface area contributed by atoms with Crippen molar-refractivity contribution in [2.75, 3.05) is 25.9 Å². The van der Waals surface area contributed by atoms with Gasteiger partial charge in [-0.25, -0.2) is 9.67 Å². The van der Waals surface area contributed by atoms with Crippen molar-refractivity contribution in [1.29, 1.82) is 0 Å². The van der Waals surface area contributed by atoms with Gasteiger partial charge in [0.15, 0.2) is 5.65 Å². The lowest BCUT2D eigenvalue weighted by molar-refractivity contribution is 0.224. The van der Waals surface area contributed by atoms with Crippen LogP contribution in [0.25, 0.3) is 11.2 Å². The SMILES string of the molecule is CCn1nc(C)c2nc(N)n(C3CCN(C)CC3)c21. The zero-order valence-corrected chi connectivity index (χ0v) is 11.9. The molecule has 0 spiro atoms. The summed E-state index contributed by atoms with van der Waals surface area (Å²) in [4.78, 5) is 6.88. The van der Waals surface area contributed by atoms with Crippen molar-refractivity contribution in [3.8, 4) is 0 Å². The molecule has 0 aliphatic carbocycles. The van der Waals surface area contributed by atoms with Crippen LogP contribution in [0.2, 0.25) is 0 Å². The molecular formula is C13H22N6. The van der Waals surface area contributed by atoms with Gasteiger partial charge in [-0.1, -0.05) is 0 Å². The highest BCUT2D eigenvalue weighted by Crippen LogP contribution is 2.30. The van der Waals surface area contributed by atoms with E-state index in [1.807, 2.05) is 11.6 Å². The maximum absolute atomic E-state index is 6.15. The van der Waals surface area contributed by atoms with Gasteiger partial charge in [-0.05, 0) is 46.8 Å². The minimum absolute atomic E-state index is 0.447. The Morgan fingerprint density at radius 1 is 1.32 bits per heavy atom. The lowest BCUT2D eigenvalue weighted by Crippen LogP contribution is -2.32. The maximum Gasteiger partial charge on any atom is 0.202 e. The Kier molecular flexibility index (Phi) is 2.97. The highest BCUT2D eigenvalue weighted by molar-refractivity contribution is 5.77. The third-order valence-electron chi connectivity index (χ3n) is 4.12. The number of aryl methyl sites for hydroxylation is 2. The summed E-state index contributed by atoms with van der Waals surface area (Å²) in [6.07, 6.45) is 2.25. The average molecular weight is 262 g/mol.